The molecule has 2 aromatic rings. The lowest BCUT2D eigenvalue weighted by atomic mass is 10.1. The maximum absolute atomic E-state index is 12.2. The molecule has 0 aliphatic carbocycles. The van der Waals surface area contributed by atoms with E-state index in [1.807, 2.05) is 0 Å². The zero-order valence-corrected chi connectivity index (χ0v) is 12.4. The van der Waals surface area contributed by atoms with E-state index in [-0.39, 0.29) is 15.5 Å². The summed E-state index contributed by atoms with van der Waals surface area (Å²) in [6.45, 7) is 3.30. The fourth-order valence-corrected chi connectivity index (χ4v) is 3.88. The van der Waals surface area contributed by atoms with Crippen molar-refractivity contribution in [2.75, 3.05) is 4.72 Å². The molecule has 1 aromatic carbocycles. The van der Waals surface area contributed by atoms with Crippen molar-refractivity contribution in [1.29, 1.82) is 0 Å². The number of hydrogen-bond donors (Lipinski definition) is 2. The Hall–Kier alpha value is -1.93. The Morgan fingerprint density at radius 3 is 2.60 bits per heavy atom. The van der Waals surface area contributed by atoms with Crippen molar-refractivity contribution in [3.63, 3.8) is 0 Å². The van der Waals surface area contributed by atoms with Gasteiger partial charge < -0.3 is 5.11 Å². The van der Waals surface area contributed by atoms with Crippen LogP contribution in [0, 0.1) is 13.8 Å². The summed E-state index contributed by atoms with van der Waals surface area (Å²) in [5.41, 5.74) is 0.471. The first-order valence-electron chi connectivity index (χ1n) is 5.59. The molecule has 0 spiro atoms. The molecule has 6 nitrogen and oxygen atoms in total. The largest absolute Gasteiger partial charge is 0.478 e. The van der Waals surface area contributed by atoms with Crippen LogP contribution in [0.5, 0.6) is 0 Å². The number of aromatic carboxylic acids is 1. The van der Waals surface area contributed by atoms with E-state index >= 15 is 0 Å². The summed E-state index contributed by atoms with van der Waals surface area (Å²) < 4.78 is 26.7. The van der Waals surface area contributed by atoms with Crippen LogP contribution in [0.2, 0.25) is 0 Å². The Balaban J connectivity index is 2.45. The zero-order chi connectivity index (χ0) is 14.9. The highest BCUT2D eigenvalue weighted by Crippen LogP contribution is 2.25. The third kappa shape index (κ3) is 2.81. The second-order valence-corrected chi connectivity index (χ2v) is 7.25. The van der Waals surface area contributed by atoms with Gasteiger partial charge in [0, 0.05) is 0 Å². The molecule has 20 heavy (non-hydrogen) atoms. The molecule has 0 aliphatic heterocycles. The fourth-order valence-electron chi connectivity index (χ4n) is 1.70. The standard InChI is InChI=1S/C12H12N2O4S2/c1-7-4-3-5-9(11(7)12(15)16)14-20(17,18)10-6-13-8(2)19-10/h3-6,14H,1-2H3,(H,15,16). The molecule has 2 rings (SSSR count). The predicted molar refractivity (Wildman–Crippen MR) is 75.8 cm³/mol. The highest BCUT2D eigenvalue weighted by atomic mass is 32.2. The lowest BCUT2D eigenvalue weighted by Gasteiger charge is -2.10. The van der Waals surface area contributed by atoms with Crippen LogP contribution in [0.25, 0.3) is 0 Å². The van der Waals surface area contributed by atoms with E-state index < -0.39 is 16.0 Å². The second-order valence-electron chi connectivity index (χ2n) is 4.11. The van der Waals surface area contributed by atoms with Gasteiger partial charge in [-0.05, 0) is 25.5 Å². The molecule has 0 bridgehead atoms. The first-order valence-corrected chi connectivity index (χ1v) is 7.89. The highest BCUT2D eigenvalue weighted by Gasteiger charge is 2.21. The predicted octanol–water partition coefficient (Wildman–Crippen LogP) is 2.26. The average molecular weight is 312 g/mol. The monoisotopic (exact) mass is 312 g/mol. The van der Waals surface area contributed by atoms with Crippen LogP contribution in [-0.2, 0) is 10.0 Å². The topological polar surface area (TPSA) is 96.4 Å². The summed E-state index contributed by atoms with van der Waals surface area (Å²) in [6, 6.07) is 4.62. The van der Waals surface area contributed by atoms with Gasteiger partial charge in [-0.25, -0.2) is 18.2 Å². The normalized spacial score (nSPS) is 11.3. The van der Waals surface area contributed by atoms with Crippen molar-refractivity contribution in [3.8, 4) is 0 Å². The van der Waals surface area contributed by atoms with Crippen molar-refractivity contribution in [2.24, 2.45) is 0 Å². The third-order valence-electron chi connectivity index (χ3n) is 2.60. The number of sulfonamides is 1. The quantitative estimate of drug-likeness (QED) is 0.902. The van der Waals surface area contributed by atoms with Crippen LogP contribution in [0.4, 0.5) is 5.69 Å². The number of hydrogen-bond acceptors (Lipinski definition) is 5. The minimum Gasteiger partial charge on any atom is -0.478 e. The number of carboxylic acids is 1. The number of nitrogens with one attached hydrogen (secondary N) is 1. The van der Waals surface area contributed by atoms with Gasteiger partial charge in [-0.1, -0.05) is 12.1 Å². The number of anilines is 1. The van der Waals surface area contributed by atoms with Gasteiger partial charge >= 0.3 is 5.97 Å². The lowest BCUT2D eigenvalue weighted by Crippen LogP contribution is -2.15. The molecular weight excluding hydrogens is 300 g/mol. The van der Waals surface area contributed by atoms with Gasteiger partial charge in [-0.15, -0.1) is 11.3 Å². The van der Waals surface area contributed by atoms with E-state index in [9.17, 15) is 18.3 Å². The van der Waals surface area contributed by atoms with Gasteiger partial charge in [0.2, 0.25) is 0 Å². The molecule has 2 N–H and O–H groups in total. The Morgan fingerprint density at radius 2 is 2.05 bits per heavy atom. The summed E-state index contributed by atoms with van der Waals surface area (Å²) >= 11 is 1.02. The molecule has 1 aromatic heterocycles. The van der Waals surface area contributed by atoms with E-state index in [1.165, 1.54) is 12.3 Å². The van der Waals surface area contributed by atoms with Gasteiger partial charge in [0.1, 0.15) is 0 Å². The SMILES string of the molecule is Cc1ncc(S(=O)(=O)Nc2cccc(C)c2C(=O)O)s1. The van der Waals surface area contributed by atoms with Crippen molar-refractivity contribution in [2.45, 2.75) is 18.1 Å². The Bertz CT molecular complexity index is 766. The maximum Gasteiger partial charge on any atom is 0.338 e. The van der Waals surface area contributed by atoms with Crippen LogP contribution < -0.4 is 4.72 Å². The molecule has 0 aliphatic rings. The molecular formula is C12H12N2O4S2. The maximum atomic E-state index is 12.2. The van der Waals surface area contributed by atoms with Crippen LogP contribution in [0.15, 0.2) is 28.6 Å². The van der Waals surface area contributed by atoms with Crippen molar-refractivity contribution >= 4 is 33.0 Å². The summed E-state index contributed by atoms with van der Waals surface area (Å²) in [5.74, 6) is -1.18. The van der Waals surface area contributed by atoms with Crippen LogP contribution in [0.3, 0.4) is 0 Å². The van der Waals surface area contributed by atoms with Gasteiger partial charge in [0.15, 0.2) is 4.21 Å². The fraction of sp³-hybridized carbons (Fsp3) is 0.167. The number of rotatable bonds is 4. The lowest BCUT2D eigenvalue weighted by molar-refractivity contribution is 0.0697. The smallest absolute Gasteiger partial charge is 0.338 e. The first kappa shape index (κ1) is 14.5. The molecule has 0 amide bonds. The summed E-state index contributed by atoms with van der Waals surface area (Å²) in [6.07, 6.45) is 1.25. The highest BCUT2D eigenvalue weighted by molar-refractivity contribution is 7.94. The molecule has 0 saturated carbocycles. The Morgan fingerprint density at radius 1 is 1.35 bits per heavy atom. The van der Waals surface area contributed by atoms with E-state index in [4.69, 9.17) is 0 Å². The van der Waals surface area contributed by atoms with E-state index in [0.29, 0.717) is 10.6 Å². The van der Waals surface area contributed by atoms with Crippen molar-refractivity contribution < 1.29 is 18.3 Å². The molecule has 0 saturated heterocycles. The van der Waals surface area contributed by atoms with E-state index in [2.05, 4.69) is 9.71 Å². The summed E-state index contributed by atoms with van der Waals surface area (Å²) in [5, 5.41) is 9.79. The summed E-state index contributed by atoms with van der Waals surface area (Å²) in [7, 11) is -3.82. The number of aromatic nitrogens is 1. The molecule has 1 heterocycles. The Labute approximate surface area is 120 Å². The molecule has 106 valence electrons. The zero-order valence-electron chi connectivity index (χ0n) is 10.7. The molecule has 0 unspecified atom stereocenters. The first-order chi connectivity index (χ1) is 9.31. The van der Waals surface area contributed by atoms with Crippen molar-refractivity contribution in [1.82, 2.24) is 4.98 Å². The average Bonchev–Trinajstić information content (AvgIpc) is 2.75. The molecule has 0 fully saturated rings. The van der Waals surface area contributed by atoms with Crippen LogP contribution in [-0.4, -0.2) is 24.5 Å². The number of carbonyl (C=O) groups is 1. The minimum absolute atomic E-state index is 0.0450. The minimum atomic E-state index is -3.82. The number of nitrogens with zero attached hydrogens (tertiary/aromatic N) is 1. The molecule has 0 radical (unpaired) electrons. The second kappa shape index (κ2) is 5.22. The summed E-state index contributed by atoms with van der Waals surface area (Å²) in [4.78, 5) is 15.1. The molecule has 8 heteroatoms. The van der Waals surface area contributed by atoms with Gasteiger partial charge in [-0.2, -0.15) is 0 Å². The number of benzene rings is 1. The van der Waals surface area contributed by atoms with Crippen LogP contribution in [0.1, 0.15) is 20.9 Å². The van der Waals surface area contributed by atoms with Gasteiger partial charge in [0.05, 0.1) is 22.5 Å². The Kier molecular flexibility index (Phi) is 3.78. The van der Waals surface area contributed by atoms with Gasteiger partial charge in [0.25, 0.3) is 10.0 Å². The third-order valence-corrected chi connectivity index (χ3v) is 5.34. The number of carboxylic acid groups (broad SMARTS) is 1. The van der Waals surface area contributed by atoms with Crippen molar-refractivity contribution in [3.05, 3.63) is 40.5 Å². The number of thiazole rings is 1. The van der Waals surface area contributed by atoms with E-state index in [0.717, 1.165) is 11.3 Å². The molecule has 0 atom stereocenters. The van der Waals surface area contributed by atoms with Gasteiger partial charge in [-0.3, -0.25) is 4.72 Å². The van der Waals surface area contributed by atoms with E-state index in [1.54, 1.807) is 26.0 Å². The van der Waals surface area contributed by atoms with Crippen LogP contribution >= 0.6 is 11.3 Å². The number of aryl methyl sites for hydroxylation is 2.